The van der Waals surface area contributed by atoms with Gasteiger partial charge in [-0.15, -0.1) is 0 Å². The Bertz CT molecular complexity index is 1360. The Kier molecular flexibility index (Phi) is 6.03. The first-order valence-electron chi connectivity index (χ1n) is 10.8. The normalized spacial score (nSPS) is 14.5. The molecule has 178 valence electrons. The molecule has 0 saturated heterocycles. The fraction of sp³-hybridized carbons (Fsp3) is 0.269. The van der Waals surface area contributed by atoms with E-state index >= 15 is 0 Å². The van der Waals surface area contributed by atoms with Crippen molar-refractivity contribution in [2.75, 3.05) is 24.6 Å². The lowest BCUT2D eigenvalue weighted by Gasteiger charge is -2.22. The van der Waals surface area contributed by atoms with Crippen LogP contribution in [0.2, 0.25) is 0 Å². The van der Waals surface area contributed by atoms with E-state index in [9.17, 15) is 13.2 Å². The van der Waals surface area contributed by atoms with Crippen LogP contribution in [0.15, 0.2) is 65.6 Å². The molecule has 7 nitrogen and oxygen atoms in total. The van der Waals surface area contributed by atoms with Gasteiger partial charge in [-0.05, 0) is 71.6 Å². The summed E-state index contributed by atoms with van der Waals surface area (Å²) in [7, 11) is -2.22. The first-order chi connectivity index (χ1) is 16.0. The van der Waals surface area contributed by atoms with Crippen LogP contribution in [0.1, 0.15) is 25.0 Å². The van der Waals surface area contributed by atoms with Crippen molar-refractivity contribution < 1.29 is 27.8 Å². The van der Waals surface area contributed by atoms with Crippen LogP contribution in [0, 0.1) is 6.92 Å². The van der Waals surface area contributed by atoms with Crippen LogP contribution < -0.4 is 13.8 Å². The number of carbonyl (C=O) groups is 1. The van der Waals surface area contributed by atoms with Gasteiger partial charge in [0.1, 0.15) is 11.5 Å². The van der Waals surface area contributed by atoms with E-state index in [0.29, 0.717) is 23.5 Å². The van der Waals surface area contributed by atoms with Crippen LogP contribution in [0.25, 0.3) is 11.1 Å². The Balaban J connectivity index is 1.70. The highest BCUT2D eigenvalue weighted by atomic mass is 32.2. The number of benzene rings is 3. The standard InChI is InChI=1S/C26H27NO6S/c1-17-12-21(9-11-24(17)33-15-25(28)29)34(30,31)27-16-26(2,3)22-14-19(8-10-23(22)27)18-6-5-7-20(13-18)32-4/h5-14H,15-16H2,1-4H3,(H,28,29). The van der Waals surface area contributed by atoms with Gasteiger partial charge in [0.25, 0.3) is 10.0 Å². The molecule has 0 radical (unpaired) electrons. The van der Waals surface area contributed by atoms with Gasteiger partial charge in [-0.1, -0.05) is 32.0 Å². The minimum atomic E-state index is -3.84. The number of aryl methyl sites for hydroxylation is 1. The Morgan fingerprint density at radius 1 is 1.06 bits per heavy atom. The molecule has 3 aromatic rings. The number of aliphatic carboxylic acids is 1. The molecule has 4 rings (SSSR count). The van der Waals surface area contributed by atoms with Gasteiger partial charge in [-0.3, -0.25) is 4.31 Å². The molecular weight excluding hydrogens is 454 g/mol. The second-order valence-corrected chi connectivity index (χ2v) is 10.8. The monoisotopic (exact) mass is 481 g/mol. The predicted octanol–water partition coefficient (Wildman–Crippen LogP) is 4.62. The Labute approximate surface area is 199 Å². The number of hydrogen-bond acceptors (Lipinski definition) is 5. The van der Waals surface area contributed by atoms with Gasteiger partial charge in [0.15, 0.2) is 6.61 Å². The summed E-state index contributed by atoms with van der Waals surface area (Å²) in [5, 5.41) is 8.82. The highest BCUT2D eigenvalue weighted by Gasteiger charge is 2.41. The lowest BCUT2D eigenvalue weighted by atomic mass is 9.85. The van der Waals surface area contributed by atoms with Crippen LogP contribution in [0.3, 0.4) is 0 Å². The lowest BCUT2D eigenvalue weighted by molar-refractivity contribution is -0.139. The summed E-state index contributed by atoms with van der Waals surface area (Å²) in [5.41, 5.74) is 3.74. The van der Waals surface area contributed by atoms with Gasteiger partial charge >= 0.3 is 5.97 Å². The molecule has 0 spiro atoms. The van der Waals surface area contributed by atoms with Crippen molar-refractivity contribution in [2.24, 2.45) is 0 Å². The number of rotatable bonds is 7. The van der Waals surface area contributed by atoms with Gasteiger partial charge in [0, 0.05) is 12.0 Å². The first kappa shape index (κ1) is 23.6. The van der Waals surface area contributed by atoms with Crippen molar-refractivity contribution in [3.05, 3.63) is 71.8 Å². The molecule has 1 aliphatic rings. The molecule has 0 fully saturated rings. The Morgan fingerprint density at radius 3 is 2.47 bits per heavy atom. The number of carboxylic acid groups (broad SMARTS) is 1. The zero-order chi connectivity index (χ0) is 24.7. The van der Waals surface area contributed by atoms with Crippen LogP contribution in [-0.2, 0) is 20.2 Å². The Morgan fingerprint density at radius 2 is 1.79 bits per heavy atom. The van der Waals surface area contributed by atoms with Gasteiger partial charge in [-0.2, -0.15) is 0 Å². The summed E-state index contributed by atoms with van der Waals surface area (Å²) < 4.78 is 39.3. The third-order valence-corrected chi connectivity index (χ3v) is 7.78. The smallest absolute Gasteiger partial charge is 0.341 e. The number of hydrogen-bond donors (Lipinski definition) is 1. The van der Waals surface area contributed by atoms with E-state index in [-0.39, 0.29) is 4.90 Å². The maximum Gasteiger partial charge on any atom is 0.341 e. The number of carboxylic acids is 1. The van der Waals surface area contributed by atoms with Crippen molar-refractivity contribution in [2.45, 2.75) is 31.1 Å². The molecule has 0 aromatic heterocycles. The van der Waals surface area contributed by atoms with Crippen molar-refractivity contribution in [1.29, 1.82) is 0 Å². The number of ether oxygens (including phenoxy) is 2. The quantitative estimate of drug-likeness (QED) is 0.529. The fourth-order valence-corrected chi connectivity index (χ4v) is 5.96. The molecule has 8 heteroatoms. The maximum absolute atomic E-state index is 13.6. The number of nitrogens with zero attached hydrogens (tertiary/aromatic N) is 1. The van der Waals surface area contributed by atoms with Crippen LogP contribution in [0.5, 0.6) is 11.5 Å². The molecule has 0 saturated carbocycles. The fourth-order valence-electron chi connectivity index (χ4n) is 4.23. The van der Waals surface area contributed by atoms with Gasteiger partial charge in [0.05, 0.1) is 17.7 Å². The molecule has 0 amide bonds. The summed E-state index contributed by atoms with van der Waals surface area (Å²) in [6.07, 6.45) is 0. The van der Waals surface area contributed by atoms with Gasteiger partial charge in [-0.25, -0.2) is 13.2 Å². The van der Waals surface area contributed by atoms with Crippen molar-refractivity contribution >= 4 is 21.7 Å². The number of sulfonamides is 1. The van der Waals surface area contributed by atoms with Gasteiger partial charge in [0.2, 0.25) is 0 Å². The van der Waals surface area contributed by atoms with E-state index in [4.69, 9.17) is 14.6 Å². The second-order valence-electron chi connectivity index (χ2n) is 8.97. The Hall–Kier alpha value is -3.52. The van der Waals surface area contributed by atoms with E-state index in [1.807, 2.05) is 56.3 Å². The summed E-state index contributed by atoms with van der Waals surface area (Å²) in [6, 6.07) is 18.1. The van der Waals surface area contributed by atoms with E-state index in [1.54, 1.807) is 14.0 Å². The number of anilines is 1. The molecule has 1 aliphatic heterocycles. The summed E-state index contributed by atoms with van der Waals surface area (Å²) >= 11 is 0. The van der Waals surface area contributed by atoms with Crippen LogP contribution in [0.4, 0.5) is 5.69 Å². The molecule has 0 unspecified atom stereocenters. The molecule has 1 N–H and O–H groups in total. The topological polar surface area (TPSA) is 93.1 Å². The maximum atomic E-state index is 13.6. The third kappa shape index (κ3) is 4.33. The SMILES string of the molecule is COc1cccc(-c2ccc3c(c2)C(C)(C)CN3S(=O)(=O)c2ccc(OCC(=O)O)c(C)c2)c1. The minimum absolute atomic E-state index is 0.133. The van der Waals surface area contributed by atoms with Crippen molar-refractivity contribution in [1.82, 2.24) is 0 Å². The molecule has 0 aliphatic carbocycles. The summed E-state index contributed by atoms with van der Waals surface area (Å²) in [5.74, 6) is -0.000587. The number of methoxy groups -OCH3 is 1. The lowest BCUT2D eigenvalue weighted by Crippen LogP contribution is -2.34. The third-order valence-electron chi connectivity index (χ3n) is 6.02. The molecule has 0 atom stereocenters. The largest absolute Gasteiger partial charge is 0.497 e. The molecule has 0 bridgehead atoms. The minimum Gasteiger partial charge on any atom is -0.497 e. The first-order valence-corrected chi connectivity index (χ1v) is 12.2. The molecular formula is C26H27NO6S. The van der Waals surface area contributed by atoms with Crippen molar-refractivity contribution in [3.63, 3.8) is 0 Å². The van der Waals surface area contributed by atoms with Crippen LogP contribution in [-0.4, -0.2) is 39.8 Å². The average Bonchev–Trinajstić information content (AvgIpc) is 3.09. The zero-order valence-corrected chi connectivity index (χ0v) is 20.3. The van der Waals surface area contributed by atoms with E-state index in [2.05, 4.69) is 0 Å². The van der Waals surface area contributed by atoms with Crippen LogP contribution >= 0.6 is 0 Å². The predicted molar refractivity (Wildman–Crippen MR) is 130 cm³/mol. The second kappa shape index (κ2) is 8.68. The highest BCUT2D eigenvalue weighted by molar-refractivity contribution is 7.92. The highest BCUT2D eigenvalue weighted by Crippen LogP contribution is 2.45. The van der Waals surface area contributed by atoms with Crippen molar-refractivity contribution in [3.8, 4) is 22.6 Å². The summed E-state index contributed by atoms with van der Waals surface area (Å²) in [6.45, 7) is 5.58. The molecule has 34 heavy (non-hydrogen) atoms. The average molecular weight is 482 g/mol. The summed E-state index contributed by atoms with van der Waals surface area (Å²) in [4.78, 5) is 10.9. The molecule has 1 heterocycles. The van der Waals surface area contributed by atoms with E-state index in [1.165, 1.54) is 22.5 Å². The zero-order valence-electron chi connectivity index (χ0n) is 19.5. The van der Waals surface area contributed by atoms with Gasteiger partial charge < -0.3 is 14.6 Å². The van der Waals surface area contributed by atoms with E-state index < -0.39 is 28.0 Å². The molecule has 3 aromatic carbocycles. The number of fused-ring (bicyclic) bond motifs is 1. The van der Waals surface area contributed by atoms with E-state index in [0.717, 1.165) is 22.4 Å².